The quantitative estimate of drug-likeness (QED) is 0.456. The number of fused-ring (bicyclic) bond motifs is 1. The van der Waals surface area contributed by atoms with Gasteiger partial charge in [0.25, 0.3) is 11.8 Å². The molecule has 1 aromatic heterocycles. The van der Waals surface area contributed by atoms with Crippen LogP contribution in [0.2, 0.25) is 0 Å². The number of aryl methyl sites for hydroxylation is 1. The molecule has 3 N–H and O–H groups in total. The van der Waals surface area contributed by atoms with Gasteiger partial charge in [-0.15, -0.1) is 0 Å². The molecule has 3 rings (SSSR count). The van der Waals surface area contributed by atoms with E-state index < -0.39 is 23.8 Å². The lowest BCUT2D eigenvalue weighted by atomic mass is 10.1. The summed E-state index contributed by atoms with van der Waals surface area (Å²) in [6, 6.07) is 7.51. The van der Waals surface area contributed by atoms with E-state index in [0.29, 0.717) is 30.2 Å². The predicted molar refractivity (Wildman–Crippen MR) is 109 cm³/mol. The molecular formula is C20H24N6O3. The average Bonchev–Trinajstić information content (AvgIpc) is 2.95. The molecule has 0 saturated carbocycles. The fourth-order valence-electron chi connectivity index (χ4n) is 3.10. The van der Waals surface area contributed by atoms with Crippen LogP contribution in [0.5, 0.6) is 0 Å². The fourth-order valence-corrected chi connectivity index (χ4v) is 3.10. The Kier molecular flexibility index (Phi) is 6.06. The molecule has 9 nitrogen and oxygen atoms in total. The van der Waals surface area contributed by atoms with E-state index in [4.69, 9.17) is 0 Å². The van der Waals surface area contributed by atoms with Crippen LogP contribution in [-0.2, 0) is 4.79 Å². The van der Waals surface area contributed by atoms with Gasteiger partial charge in [0.05, 0.1) is 11.1 Å². The van der Waals surface area contributed by atoms with Gasteiger partial charge in [-0.3, -0.25) is 19.3 Å². The second kappa shape index (κ2) is 8.68. The van der Waals surface area contributed by atoms with Gasteiger partial charge in [0.2, 0.25) is 11.9 Å². The summed E-state index contributed by atoms with van der Waals surface area (Å²) >= 11 is 0. The molecule has 1 aliphatic heterocycles. The van der Waals surface area contributed by atoms with Crippen LogP contribution in [0.1, 0.15) is 40.3 Å². The summed E-state index contributed by atoms with van der Waals surface area (Å²) in [6.45, 7) is 6.84. The third kappa shape index (κ3) is 4.34. The number of hydrogen-bond acceptors (Lipinski definition) is 7. The van der Waals surface area contributed by atoms with Crippen molar-refractivity contribution in [3.63, 3.8) is 0 Å². The molecule has 29 heavy (non-hydrogen) atoms. The number of imide groups is 1. The van der Waals surface area contributed by atoms with Gasteiger partial charge >= 0.3 is 0 Å². The van der Waals surface area contributed by atoms with Crippen LogP contribution >= 0.6 is 0 Å². The minimum Gasteiger partial charge on any atom is -0.370 e. The Balaban J connectivity index is 1.53. The largest absolute Gasteiger partial charge is 0.370 e. The maximum atomic E-state index is 12.5. The molecule has 2 heterocycles. The van der Waals surface area contributed by atoms with Crippen molar-refractivity contribution in [2.75, 3.05) is 30.3 Å². The molecule has 0 fully saturated rings. The normalized spacial score (nSPS) is 13.8. The van der Waals surface area contributed by atoms with Crippen LogP contribution in [0.4, 0.5) is 11.8 Å². The zero-order valence-corrected chi connectivity index (χ0v) is 16.7. The predicted octanol–water partition coefficient (Wildman–Crippen LogP) is 1.43. The highest BCUT2D eigenvalue weighted by atomic mass is 16.2. The van der Waals surface area contributed by atoms with Gasteiger partial charge in [0.15, 0.2) is 0 Å². The zero-order valence-electron chi connectivity index (χ0n) is 16.7. The number of nitrogens with one attached hydrogen (secondary N) is 3. The van der Waals surface area contributed by atoms with Crippen LogP contribution in [0.3, 0.4) is 0 Å². The minimum atomic E-state index is -0.905. The smallest absolute Gasteiger partial charge is 0.262 e. The summed E-state index contributed by atoms with van der Waals surface area (Å²) < 4.78 is 0. The molecule has 0 aliphatic carbocycles. The Morgan fingerprint density at radius 2 is 1.72 bits per heavy atom. The van der Waals surface area contributed by atoms with Crippen molar-refractivity contribution < 1.29 is 14.4 Å². The standard InChI is InChI=1S/C20H24N6O3/c1-4-21-16-11-12(2)24-20(25-16)23-10-9-22-17(27)13(3)26-18(28)14-7-5-6-8-15(14)19(26)29/h5-8,11,13H,4,9-10H2,1-3H3,(H,22,27)(H2,21,23,24,25). The van der Waals surface area contributed by atoms with Crippen molar-refractivity contribution in [1.82, 2.24) is 20.2 Å². The first-order valence-electron chi connectivity index (χ1n) is 9.50. The number of aromatic nitrogens is 2. The van der Waals surface area contributed by atoms with Gasteiger partial charge in [0, 0.05) is 31.4 Å². The number of anilines is 2. The van der Waals surface area contributed by atoms with Gasteiger partial charge in [-0.05, 0) is 32.9 Å². The van der Waals surface area contributed by atoms with E-state index >= 15 is 0 Å². The highest BCUT2D eigenvalue weighted by molar-refractivity contribution is 6.22. The lowest BCUT2D eigenvalue weighted by molar-refractivity contribution is -0.124. The highest BCUT2D eigenvalue weighted by Crippen LogP contribution is 2.24. The molecule has 0 bridgehead atoms. The summed E-state index contributed by atoms with van der Waals surface area (Å²) in [4.78, 5) is 47.0. The van der Waals surface area contributed by atoms with Gasteiger partial charge in [0.1, 0.15) is 11.9 Å². The Morgan fingerprint density at radius 3 is 2.34 bits per heavy atom. The molecule has 152 valence electrons. The Labute approximate surface area is 168 Å². The molecule has 0 saturated heterocycles. The van der Waals surface area contributed by atoms with Crippen molar-refractivity contribution in [2.45, 2.75) is 26.8 Å². The van der Waals surface area contributed by atoms with Gasteiger partial charge in [-0.1, -0.05) is 12.1 Å². The number of amides is 3. The molecule has 3 amide bonds. The van der Waals surface area contributed by atoms with Crippen LogP contribution < -0.4 is 16.0 Å². The number of hydrogen-bond donors (Lipinski definition) is 3. The van der Waals surface area contributed by atoms with Crippen molar-refractivity contribution in [2.24, 2.45) is 0 Å². The molecule has 1 unspecified atom stereocenters. The van der Waals surface area contributed by atoms with Crippen LogP contribution in [-0.4, -0.2) is 58.3 Å². The van der Waals surface area contributed by atoms with E-state index in [2.05, 4.69) is 25.9 Å². The number of rotatable bonds is 8. The van der Waals surface area contributed by atoms with E-state index in [1.165, 1.54) is 6.92 Å². The van der Waals surface area contributed by atoms with E-state index in [0.717, 1.165) is 23.0 Å². The zero-order chi connectivity index (χ0) is 21.0. The highest BCUT2D eigenvalue weighted by Gasteiger charge is 2.40. The number of nitrogens with zero attached hydrogens (tertiary/aromatic N) is 3. The summed E-state index contributed by atoms with van der Waals surface area (Å²) in [6.07, 6.45) is 0. The van der Waals surface area contributed by atoms with Gasteiger partial charge in [-0.2, -0.15) is 4.98 Å². The Bertz CT molecular complexity index is 911. The molecule has 0 radical (unpaired) electrons. The van der Waals surface area contributed by atoms with Crippen LogP contribution in [0.25, 0.3) is 0 Å². The number of carbonyl (C=O) groups excluding carboxylic acids is 3. The minimum absolute atomic E-state index is 0.292. The van der Waals surface area contributed by atoms with Crippen molar-refractivity contribution in [3.05, 3.63) is 47.2 Å². The first kappa shape index (κ1) is 20.2. The fraction of sp³-hybridized carbons (Fsp3) is 0.350. The van der Waals surface area contributed by atoms with E-state index in [-0.39, 0.29) is 0 Å². The maximum absolute atomic E-state index is 12.5. The lowest BCUT2D eigenvalue weighted by Gasteiger charge is -2.21. The van der Waals surface area contributed by atoms with E-state index in [1.54, 1.807) is 24.3 Å². The summed E-state index contributed by atoms with van der Waals surface area (Å²) in [7, 11) is 0. The Hall–Kier alpha value is -3.49. The van der Waals surface area contributed by atoms with Gasteiger partial charge < -0.3 is 16.0 Å². The number of benzene rings is 1. The Morgan fingerprint density at radius 1 is 1.07 bits per heavy atom. The topological polar surface area (TPSA) is 116 Å². The summed E-state index contributed by atoms with van der Waals surface area (Å²) in [5.74, 6) is -0.111. The summed E-state index contributed by atoms with van der Waals surface area (Å²) in [5, 5.41) is 8.92. The second-order valence-corrected chi connectivity index (χ2v) is 6.67. The van der Waals surface area contributed by atoms with Crippen molar-refractivity contribution >= 4 is 29.5 Å². The molecular weight excluding hydrogens is 372 g/mol. The van der Waals surface area contributed by atoms with E-state index in [1.807, 2.05) is 19.9 Å². The first-order valence-corrected chi connectivity index (χ1v) is 9.50. The van der Waals surface area contributed by atoms with E-state index in [9.17, 15) is 14.4 Å². The molecule has 9 heteroatoms. The molecule has 1 aromatic carbocycles. The maximum Gasteiger partial charge on any atom is 0.262 e. The monoisotopic (exact) mass is 396 g/mol. The third-order valence-electron chi connectivity index (χ3n) is 4.51. The van der Waals surface area contributed by atoms with Crippen molar-refractivity contribution in [1.29, 1.82) is 0 Å². The molecule has 2 aromatic rings. The lowest BCUT2D eigenvalue weighted by Crippen LogP contribution is -2.48. The average molecular weight is 396 g/mol. The molecule has 1 aliphatic rings. The van der Waals surface area contributed by atoms with Crippen molar-refractivity contribution in [3.8, 4) is 0 Å². The molecule has 0 spiro atoms. The second-order valence-electron chi connectivity index (χ2n) is 6.67. The number of carbonyl (C=O) groups is 3. The first-order chi connectivity index (χ1) is 13.9. The van der Waals surface area contributed by atoms with Crippen LogP contribution in [0.15, 0.2) is 30.3 Å². The van der Waals surface area contributed by atoms with Crippen LogP contribution in [0, 0.1) is 6.92 Å². The van der Waals surface area contributed by atoms with Gasteiger partial charge in [-0.25, -0.2) is 4.98 Å². The SMILES string of the molecule is CCNc1cc(C)nc(NCCNC(=O)C(C)N2C(=O)c3ccccc3C2=O)n1. The summed E-state index contributed by atoms with van der Waals surface area (Å²) in [5.41, 5.74) is 1.47. The third-order valence-corrected chi connectivity index (χ3v) is 4.51. The molecule has 1 atom stereocenters.